The van der Waals surface area contributed by atoms with Crippen LogP contribution in [0.25, 0.3) is 0 Å². The van der Waals surface area contributed by atoms with Gasteiger partial charge in [0.2, 0.25) is 0 Å². The van der Waals surface area contributed by atoms with Crippen LogP contribution < -0.4 is 10.6 Å². The average Bonchev–Trinajstić information content (AvgIpc) is 2.83. The first-order chi connectivity index (χ1) is 15.5. The van der Waals surface area contributed by atoms with E-state index in [-0.39, 0.29) is 34.8 Å². The molecule has 0 radical (unpaired) electrons. The number of halogens is 2. The predicted molar refractivity (Wildman–Crippen MR) is 113 cm³/mol. The number of carbonyl (C=O) groups is 2. The van der Waals surface area contributed by atoms with E-state index in [9.17, 15) is 18.4 Å². The minimum absolute atomic E-state index is 0.215. The Bertz CT molecular complexity index is 1060. The van der Waals surface area contributed by atoms with Crippen LogP contribution in [-0.2, 0) is 0 Å². The highest BCUT2D eigenvalue weighted by molar-refractivity contribution is 6.03. The van der Waals surface area contributed by atoms with Crippen molar-refractivity contribution in [3.63, 3.8) is 0 Å². The normalized spacial score (nSPS) is 9.81. The van der Waals surface area contributed by atoms with E-state index in [4.69, 9.17) is 0 Å². The first-order valence-corrected chi connectivity index (χ1v) is 9.17. The fourth-order valence-electron chi connectivity index (χ4n) is 2.29. The fraction of sp³-hybridized carbons (Fsp3) is 0. The molecule has 0 saturated heterocycles. The lowest BCUT2D eigenvalue weighted by atomic mass is 10.3. The molecule has 0 spiro atoms. The topological polar surface area (TPSA) is 110 Å². The van der Waals surface area contributed by atoms with Crippen LogP contribution >= 0.6 is 0 Å². The first kappa shape index (κ1) is 22.1. The molecule has 2 amide bonds. The lowest BCUT2D eigenvalue weighted by molar-refractivity contribution is 0.101. The number of nitrogens with one attached hydrogen (secondary N) is 2. The van der Waals surface area contributed by atoms with Crippen molar-refractivity contribution < 1.29 is 18.4 Å². The van der Waals surface area contributed by atoms with Crippen molar-refractivity contribution in [3.05, 3.63) is 109 Å². The van der Waals surface area contributed by atoms with Crippen molar-refractivity contribution in [1.82, 2.24) is 19.9 Å². The summed E-state index contributed by atoms with van der Waals surface area (Å²) in [5, 5.41) is 5.15. The maximum Gasteiger partial charge on any atom is 0.275 e. The average molecular weight is 434 g/mol. The van der Waals surface area contributed by atoms with E-state index in [1.54, 1.807) is 0 Å². The number of hydrogen-bond acceptors (Lipinski definition) is 6. The Hall–Kier alpha value is -4.60. The van der Waals surface area contributed by atoms with E-state index in [1.807, 2.05) is 0 Å². The Kier molecular flexibility index (Phi) is 7.58. The van der Waals surface area contributed by atoms with Crippen molar-refractivity contribution in [3.8, 4) is 0 Å². The zero-order chi connectivity index (χ0) is 22.8. The fourth-order valence-corrected chi connectivity index (χ4v) is 2.29. The maximum atomic E-state index is 12.6. The molecule has 0 aliphatic rings. The second-order valence-electron chi connectivity index (χ2n) is 6.10. The van der Waals surface area contributed by atoms with Crippen LogP contribution in [0.15, 0.2) is 85.7 Å². The van der Waals surface area contributed by atoms with Crippen LogP contribution in [0.4, 0.5) is 20.2 Å². The molecule has 160 valence electrons. The first-order valence-electron chi connectivity index (χ1n) is 9.17. The Morgan fingerprint density at radius 2 is 0.969 bits per heavy atom. The second-order valence-corrected chi connectivity index (χ2v) is 6.10. The molecular weight excluding hydrogens is 418 g/mol. The van der Waals surface area contributed by atoms with Crippen LogP contribution in [0.5, 0.6) is 0 Å². The third kappa shape index (κ3) is 6.73. The number of nitrogens with zero attached hydrogens (tertiary/aromatic N) is 4. The van der Waals surface area contributed by atoms with Crippen LogP contribution in [0.1, 0.15) is 21.0 Å². The van der Waals surface area contributed by atoms with E-state index >= 15 is 0 Å². The molecule has 2 aromatic carbocycles. The van der Waals surface area contributed by atoms with Gasteiger partial charge >= 0.3 is 0 Å². The Morgan fingerprint density at radius 1 is 0.594 bits per heavy atom. The van der Waals surface area contributed by atoms with Crippen molar-refractivity contribution in [2.45, 2.75) is 0 Å². The number of carbonyl (C=O) groups excluding carboxylic acids is 2. The largest absolute Gasteiger partial charge is 0.321 e. The number of rotatable bonds is 4. The van der Waals surface area contributed by atoms with E-state index in [2.05, 4.69) is 30.6 Å². The molecule has 0 bridgehead atoms. The standard InChI is InChI=1S/2C11H8FN3O/c2*12-8-1-3-9(4-2-8)15-11(16)10-7-13-5-6-14-10/h2*1-7H,(H,15,16). The number of anilines is 2. The lowest BCUT2D eigenvalue weighted by Crippen LogP contribution is -2.13. The van der Waals surface area contributed by atoms with E-state index in [0.29, 0.717) is 11.4 Å². The summed E-state index contributed by atoms with van der Waals surface area (Å²) in [6, 6.07) is 11.0. The SMILES string of the molecule is O=C(Nc1ccc(F)cc1)c1cnccn1.O=C(Nc1ccc(F)cc1)c1cnccn1. The molecule has 0 aliphatic carbocycles. The van der Waals surface area contributed by atoms with Crippen LogP contribution in [0.2, 0.25) is 0 Å². The summed E-state index contributed by atoms with van der Waals surface area (Å²) in [5.74, 6) is -1.45. The number of amides is 2. The van der Waals surface area contributed by atoms with Gasteiger partial charge in [-0.1, -0.05) is 0 Å². The van der Waals surface area contributed by atoms with E-state index in [0.717, 1.165) is 0 Å². The zero-order valence-corrected chi connectivity index (χ0v) is 16.4. The summed E-state index contributed by atoms with van der Waals surface area (Å²) in [6.07, 6.45) is 8.54. The van der Waals surface area contributed by atoms with Crippen molar-refractivity contribution in [2.75, 3.05) is 10.6 Å². The maximum absolute atomic E-state index is 12.6. The molecule has 0 aliphatic heterocycles. The minimum atomic E-state index is -0.375. The Morgan fingerprint density at radius 3 is 1.28 bits per heavy atom. The minimum Gasteiger partial charge on any atom is -0.321 e. The van der Waals surface area contributed by atoms with E-state index in [1.165, 1.54) is 85.7 Å². The predicted octanol–water partition coefficient (Wildman–Crippen LogP) is 3.74. The third-order valence-electron chi connectivity index (χ3n) is 3.80. The molecular formula is C22H16F2N6O2. The molecule has 10 heteroatoms. The number of hydrogen-bond donors (Lipinski definition) is 2. The lowest BCUT2D eigenvalue weighted by Gasteiger charge is -2.03. The molecule has 0 unspecified atom stereocenters. The van der Waals surface area contributed by atoms with Gasteiger partial charge in [0, 0.05) is 36.2 Å². The molecule has 32 heavy (non-hydrogen) atoms. The summed E-state index contributed by atoms with van der Waals surface area (Å²) in [5.41, 5.74) is 1.45. The van der Waals surface area contributed by atoms with E-state index < -0.39 is 0 Å². The van der Waals surface area contributed by atoms with Gasteiger partial charge in [-0.15, -0.1) is 0 Å². The molecule has 2 heterocycles. The highest BCUT2D eigenvalue weighted by Crippen LogP contribution is 2.10. The smallest absolute Gasteiger partial charge is 0.275 e. The van der Waals surface area contributed by atoms with Crippen molar-refractivity contribution >= 4 is 23.2 Å². The molecule has 0 saturated carbocycles. The molecule has 8 nitrogen and oxygen atoms in total. The monoisotopic (exact) mass is 434 g/mol. The quantitative estimate of drug-likeness (QED) is 0.506. The van der Waals surface area contributed by atoms with Gasteiger partial charge in [-0.05, 0) is 48.5 Å². The van der Waals surface area contributed by atoms with Crippen LogP contribution in [0.3, 0.4) is 0 Å². The summed E-state index contributed by atoms with van der Waals surface area (Å²) < 4.78 is 25.2. The van der Waals surface area contributed by atoms with Crippen molar-refractivity contribution in [2.24, 2.45) is 0 Å². The van der Waals surface area contributed by atoms with Gasteiger partial charge in [0.15, 0.2) is 0 Å². The highest BCUT2D eigenvalue weighted by Gasteiger charge is 2.07. The highest BCUT2D eigenvalue weighted by atomic mass is 19.1. The van der Waals surface area contributed by atoms with Crippen LogP contribution in [-0.4, -0.2) is 31.8 Å². The van der Waals surface area contributed by atoms with Crippen molar-refractivity contribution in [1.29, 1.82) is 0 Å². The van der Waals surface area contributed by atoms with Gasteiger partial charge in [0.05, 0.1) is 12.4 Å². The van der Waals surface area contributed by atoms with Gasteiger partial charge in [-0.2, -0.15) is 0 Å². The molecule has 4 rings (SSSR count). The molecule has 2 N–H and O–H groups in total. The number of aromatic nitrogens is 4. The third-order valence-corrected chi connectivity index (χ3v) is 3.80. The second kappa shape index (κ2) is 11.0. The molecule has 0 fully saturated rings. The number of benzene rings is 2. The summed E-state index contributed by atoms with van der Waals surface area (Å²) >= 11 is 0. The summed E-state index contributed by atoms with van der Waals surface area (Å²) in [4.78, 5) is 38.4. The van der Waals surface area contributed by atoms with Gasteiger partial charge in [0.25, 0.3) is 11.8 Å². The molecule has 4 aromatic rings. The summed E-state index contributed by atoms with van der Waals surface area (Å²) in [7, 11) is 0. The molecule has 0 atom stereocenters. The summed E-state index contributed by atoms with van der Waals surface area (Å²) in [6.45, 7) is 0. The molecule has 2 aromatic heterocycles. The van der Waals surface area contributed by atoms with Crippen LogP contribution in [0, 0.1) is 11.6 Å². The van der Waals surface area contributed by atoms with Gasteiger partial charge in [0.1, 0.15) is 23.0 Å². The zero-order valence-electron chi connectivity index (χ0n) is 16.4. The van der Waals surface area contributed by atoms with Gasteiger partial charge < -0.3 is 10.6 Å². The Labute approximate surface area is 181 Å². The Balaban J connectivity index is 0.000000181. The van der Waals surface area contributed by atoms with Gasteiger partial charge in [-0.25, -0.2) is 18.7 Å². The van der Waals surface area contributed by atoms with Gasteiger partial charge in [-0.3, -0.25) is 19.6 Å².